The molecule has 20 heavy (non-hydrogen) atoms. The second kappa shape index (κ2) is 5.27. The molecule has 4 rings (SSSR count). The molecule has 0 saturated heterocycles. The Morgan fingerprint density at radius 3 is 2.75 bits per heavy atom. The molecule has 0 radical (unpaired) electrons. The molecule has 3 aromatic rings. The molecule has 1 unspecified atom stereocenters. The fourth-order valence-electron chi connectivity index (χ4n) is 2.11. The molecule has 1 aliphatic heterocycles. The van der Waals surface area contributed by atoms with E-state index >= 15 is 0 Å². The van der Waals surface area contributed by atoms with Gasteiger partial charge in [0.25, 0.3) is 0 Å². The fraction of sp³-hybridized carbons (Fsp3) is 0.125. The Hall–Kier alpha value is -2.46. The van der Waals surface area contributed by atoms with Crippen LogP contribution in [0, 0.1) is 0 Å². The summed E-state index contributed by atoms with van der Waals surface area (Å²) in [6.07, 6.45) is 1.60. The van der Waals surface area contributed by atoms with Gasteiger partial charge in [-0.15, -0.1) is 0 Å². The summed E-state index contributed by atoms with van der Waals surface area (Å²) in [5, 5.41) is 19.0. The van der Waals surface area contributed by atoms with E-state index in [0.29, 0.717) is 6.42 Å². The molecular weight excluding hydrogens is 256 g/mol. The minimum atomic E-state index is -0.627. The Labute approximate surface area is 115 Å². The van der Waals surface area contributed by atoms with Gasteiger partial charge in [-0.1, -0.05) is 18.2 Å². The Balaban J connectivity index is 0.000000121. The Bertz CT molecular complexity index is 692. The number of hydrogen-bond acceptors (Lipinski definition) is 4. The SMILES string of the molecule is OC1Cc2ccccc2O1.Oc1ccc2ccoc2c1. The highest BCUT2D eigenvalue weighted by Crippen LogP contribution is 2.26. The van der Waals surface area contributed by atoms with E-state index in [4.69, 9.17) is 19.4 Å². The molecule has 2 heterocycles. The maximum Gasteiger partial charge on any atom is 0.201 e. The standard InChI is InChI=1S/C8H6O2.C8H8O2/c9-7-2-1-6-3-4-10-8(6)5-7;9-8-5-6-3-1-2-4-7(6)10-8/h1-5,9H;1-4,8-9H,5H2. The maximum atomic E-state index is 9.03. The van der Waals surface area contributed by atoms with Crippen LogP contribution >= 0.6 is 0 Å². The van der Waals surface area contributed by atoms with Crippen LogP contribution in [0.25, 0.3) is 11.0 Å². The van der Waals surface area contributed by atoms with E-state index in [1.165, 1.54) is 0 Å². The molecule has 102 valence electrons. The normalized spacial score (nSPS) is 16.1. The summed E-state index contributed by atoms with van der Waals surface area (Å²) in [6, 6.07) is 14.6. The van der Waals surface area contributed by atoms with E-state index in [1.807, 2.05) is 36.4 Å². The number of aromatic hydroxyl groups is 1. The molecule has 1 aromatic heterocycles. The summed E-state index contributed by atoms with van der Waals surface area (Å²) >= 11 is 0. The zero-order valence-corrected chi connectivity index (χ0v) is 10.7. The van der Waals surface area contributed by atoms with Gasteiger partial charge in [-0.25, -0.2) is 0 Å². The van der Waals surface area contributed by atoms with Crippen LogP contribution in [0.4, 0.5) is 0 Å². The van der Waals surface area contributed by atoms with Crippen molar-refractivity contribution in [2.24, 2.45) is 0 Å². The number of benzene rings is 2. The zero-order valence-electron chi connectivity index (χ0n) is 10.7. The highest BCUT2D eigenvalue weighted by molar-refractivity contribution is 5.78. The molecule has 1 aliphatic rings. The second-order valence-electron chi connectivity index (χ2n) is 4.53. The number of rotatable bonds is 0. The summed E-state index contributed by atoms with van der Waals surface area (Å²) in [7, 11) is 0. The van der Waals surface area contributed by atoms with Crippen LogP contribution in [0.5, 0.6) is 11.5 Å². The van der Waals surface area contributed by atoms with Crippen molar-refractivity contribution >= 4 is 11.0 Å². The van der Waals surface area contributed by atoms with Crippen molar-refractivity contribution in [3.8, 4) is 11.5 Å². The number of hydrogen-bond donors (Lipinski definition) is 2. The van der Waals surface area contributed by atoms with E-state index in [9.17, 15) is 0 Å². The van der Waals surface area contributed by atoms with Gasteiger partial charge < -0.3 is 19.4 Å². The largest absolute Gasteiger partial charge is 0.508 e. The van der Waals surface area contributed by atoms with Gasteiger partial charge in [0.05, 0.1) is 6.26 Å². The number of aliphatic hydroxyl groups is 1. The minimum absolute atomic E-state index is 0.238. The van der Waals surface area contributed by atoms with Crippen LogP contribution in [0.1, 0.15) is 5.56 Å². The molecule has 2 N–H and O–H groups in total. The molecule has 4 heteroatoms. The van der Waals surface area contributed by atoms with Crippen molar-refractivity contribution in [2.45, 2.75) is 12.7 Å². The Kier molecular flexibility index (Phi) is 3.31. The molecule has 0 fully saturated rings. The van der Waals surface area contributed by atoms with Crippen molar-refractivity contribution in [3.63, 3.8) is 0 Å². The first-order chi connectivity index (χ1) is 9.72. The lowest BCUT2D eigenvalue weighted by atomic mass is 10.2. The second-order valence-corrected chi connectivity index (χ2v) is 4.53. The monoisotopic (exact) mass is 270 g/mol. The maximum absolute atomic E-state index is 9.03. The predicted octanol–water partition coefficient (Wildman–Crippen LogP) is 3.08. The summed E-state index contributed by atoms with van der Waals surface area (Å²) in [5.74, 6) is 1.05. The van der Waals surface area contributed by atoms with Crippen molar-refractivity contribution in [2.75, 3.05) is 0 Å². The molecule has 0 aliphatic carbocycles. The number of fused-ring (bicyclic) bond motifs is 2. The van der Waals surface area contributed by atoms with Gasteiger partial charge >= 0.3 is 0 Å². The van der Waals surface area contributed by atoms with Gasteiger partial charge in [-0.05, 0) is 24.3 Å². The average Bonchev–Trinajstić information content (AvgIpc) is 3.03. The number of ether oxygens (including phenoxy) is 1. The summed E-state index contributed by atoms with van der Waals surface area (Å²) < 4.78 is 10.1. The van der Waals surface area contributed by atoms with Crippen LogP contribution < -0.4 is 4.74 Å². The zero-order chi connectivity index (χ0) is 13.9. The molecule has 0 saturated carbocycles. The first-order valence-electron chi connectivity index (χ1n) is 6.31. The van der Waals surface area contributed by atoms with Crippen molar-refractivity contribution < 1.29 is 19.4 Å². The van der Waals surface area contributed by atoms with Crippen molar-refractivity contribution in [1.29, 1.82) is 0 Å². The topological polar surface area (TPSA) is 62.8 Å². The van der Waals surface area contributed by atoms with Crippen molar-refractivity contribution in [3.05, 3.63) is 60.4 Å². The van der Waals surface area contributed by atoms with Crippen molar-refractivity contribution in [1.82, 2.24) is 0 Å². The highest BCUT2D eigenvalue weighted by atomic mass is 16.6. The number of phenolic OH excluding ortho intramolecular Hbond substituents is 1. The number of phenols is 1. The lowest BCUT2D eigenvalue weighted by molar-refractivity contribution is 0.00215. The average molecular weight is 270 g/mol. The number of para-hydroxylation sites is 1. The Morgan fingerprint density at radius 2 is 1.90 bits per heavy atom. The van der Waals surface area contributed by atoms with Crippen LogP contribution in [0.3, 0.4) is 0 Å². The number of aliphatic hydroxyl groups excluding tert-OH is 1. The third-order valence-electron chi connectivity index (χ3n) is 3.07. The first kappa shape index (κ1) is 12.6. The van der Waals surface area contributed by atoms with E-state index in [0.717, 1.165) is 22.3 Å². The van der Waals surface area contributed by atoms with Crippen LogP contribution in [-0.4, -0.2) is 16.5 Å². The predicted molar refractivity (Wildman–Crippen MR) is 74.7 cm³/mol. The molecule has 0 spiro atoms. The van der Waals surface area contributed by atoms with Crippen LogP contribution in [0.2, 0.25) is 0 Å². The lowest BCUT2D eigenvalue weighted by Gasteiger charge is -1.99. The molecule has 0 amide bonds. The summed E-state index contributed by atoms with van der Waals surface area (Å²) in [6.45, 7) is 0. The van der Waals surface area contributed by atoms with Gasteiger partial charge in [-0.3, -0.25) is 0 Å². The van der Waals surface area contributed by atoms with Gasteiger partial charge in [0.15, 0.2) is 0 Å². The minimum Gasteiger partial charge on any atom is -0.508 e. The third kappa shape index (κ3) is 2.60. The summed E-state index contributed by atoms with van der Waals surface area (Å²) in [5.41, 5.74) is 1.81. The quantitative estimate of drug-likeness (QED) is 0.659. The summed E-state index contributed by atoms with van der Waals surface area (Å²) in [4.78, 5) is 0. The van der Waals surface area contributed by atoms with E-state index in [1.54, 1.807) is 18.4 Å². The molecular formula is C16H14O4. The van der Waals surface area contributed by atoms with Gasteiger partial charge in [0, 0.05) is 23.4 Å². The smallest absolute Gasteiger partial charge is 0.201 e. The van der Waals surface area contributed by atoms with Gasteiger partial charge in [0.1, 0.15) is 17.1 Å². The van der Waals surface area contributed by atoms with E-state index < -0.39 is 6.29 Å². The fourth-order valence-corrected chi connectivity index (χ4v) is 2.11. The van der Waals surface area contributed by atoms with E-state index in [2.05, 4.69) is 0 Å². The lowest BCUT2D eigenvalue weighted by Crippen LogP contribution is -2.09. The van der Waals surface area contributed by atoms with Gasteiger partial charge in [-0.2, -0.15) is 0 Å². The number of furan rings is 1. The van der Waals surface area contributed by atoms with Crippen LogP contribution in [-0.2, 0) is 6.42 Å². The third-order valence-corrected chi connectivity index (χ3v) is 3.07. The van der Waals surface area contributed by atoms with E-state index in [-0.39, 0.29) is 5.75 Å². The molecule has 2 aromatic carbocycles. The van der Waals surface area contributed by atoms with Gasteiger partial charge in [0.2, 0.25) is 6.29 Å². The Morgan fingerprint density at radius 1 is 1.05 bits per heavy atom. The molecule has 4 nitrogen and oxygen atoms in total. The first-order valence-corrected chi connectivity index (χ1v) is 6.31. The highest BCUT2D eigenvalue weighted by Gasteiger charge is 2.18. The molecule has 1 atom stereocenters. The van der Waals surface area contributed by atoms with Crippen LogP contribution in [0.15, 0.2) is 59.2 Å². The molecule has 0 bridgehead atoms.